The molecule has 0 saturated carbocycles. The van der Waals surface area contributed by atoms with E-state index in [0.29, 0.717) is 4.47 Å². The van der Waals surface area contributed by atoms with E-state index in [1.54, 1.807) is 6.07 Å². The fraction of sp³-hybridized carbons (Fsp3) is 0.200. The first-order chi connectivity index (χ1) is 7.02. The van der Waals surface area contributed by atoms with Crippen LogP contribution in [0, 0.1) is 5.82 Å². The highest BCUT2D eigenvalue weighted by Gasteiger charge is 2.14. The van der Waals surface area contributed by atoms with Crippen LogP contribution in [0.3, 0.4) is 0 Å². The van der Waals surface area contributed by atoms with Crippen LogP contribution < -0.4 is 5.32 Å². The second kappa shape index (κ2) is 5.02. The molecule has 0 aromatic heterocycles. The minimum absolute atomic E-state index is 0.0845. The molecule has 0 unspecified atom stereocenters. The molecule has 0 fully saturated rings. The van der Waals surface area contributed by atoms with Crippen molar-refractivity contribution in [2.45, 2.75) is 6.92 Å². The average Bonchev–Trinajstić information content (AvgIpc) is 2.14. The summed E-state index contributed by atoms with van der Waals surface area (Å²) in [5, 5.41) is 2.32. The summed E-state index contributed by atoms with van der Waals surface area (Å²) in [6.07, 6.45) is 0. The minimum atomic E-state index is -0.620. The topological polar surface area (TPSA) is 46.2 Å². The molecule has 0 saturated heterocycles. The Balaban J connectivity index is 2.86. The highest BCUT2D eigenvalue weighted by molar-refractivity contribution is 9.10. The second-order valence-corrected chi connectivity index (χ2v) is 3.84. The fourth-order valence-electron chi connectivity index (χ4n) is 1.01. The van der Waals surface area contributed by atoms with Gasteiger partial charge in [0.25, 0.3) is 5.91 Å². The van der Waals surface area contributed by atoms with E-state index in [2.05, 4.69) is 21.2 Å². The van der Waals surface area contributed by atoms with E-state index < -0.39 is 11.7 Å². The van der Waals surface area contributed by atoms with Crippen molar-refractivity contribution in [1.82, 2.24) is 5.32 Å². The second-order valence-electron chi connectivity index (χ2n) is 2.98. The predicted molar refractivity (Wildman–Crippen MR) is 57.1 cm³/mol. The van der Waals surface area contributed by atoms with Crippen LogP contribution in [0.15, 0.2) is 22.7 Å². The van der Waals surface area contributed by atoms with Crippen LogP contribution in [0.5, 0.6) is 0 Å². The van der Waals surface area contributed by atoms with Crippen molar-refractivity contribution >= 4 is 27.6 Å². The van der Waals surface area contributed by atoms with Crippen molar-refractivity contribution in [2.24, 2.45) is 0 Å². The highest BCUT2D eigenvalue weighted by Crippen LogP contribution is 2.19. The van der Waals surface area contributed by atoms with Crippen molar-refractivity contribution in [1.29, 1.82) is 0 Å². The fourth-order valence-corrected chi connectivity index (χ4v) is 1.53. The number of benzene rings is 1. The minimum Gasteiger partial charge on any atom is -0.345 e. The summed E-state index contributed by atoms with van der Waals surface area (Å²) in [5.41, 5.74) is -0.0845. The lowest BCUT2D eigenvalue weighted by Gasteiger charge is -2.05. The number of Topliss-reactive ketones (excluding diaryl/α,β-unsaturated/α-hetero) is 1. The third kappa shape index (κ3) is 3.13. The Morgan fingerprint density at radius 3 is 2.67 bits per heavy atom. The molecule has 1 aromatic rings. The van der Waals surface area contributed by atoms with Crippen LogP contribution in [0.4, 0.5) is 4.39 Å². The first-order valence-corrected chi connectivity index (χ1v) is 5.03. The highest BCUT2D eigenvalue weighted by atomic mass is 79.9. The van der Waals surface area contributed by atoms with Crippen LogP contribution in [0.1, 0.15) is 17.3 Å². The lowest BCUT2D eigenvalue weighted by Crippen LogP contribution is -2.29. The van der Waals surface area contributed by atoms with Gasteiger partial charge in [-0.15, -0.1) is 0 Å². The third-order valence-corrected chi connectivity index (χ3v) is 2.35. The zero-order valence-electron chi connectivity index (χ0n) is 8.01. The first kappa shape index (κ1) is 11.8. The largest absolute Gasteiger partial charge is 0.345 e. The van der Waals surface area contributed by atoms with Gasteiger partial charge in [0.2, 0.25) is 0 Å². The molecule has 15 heavy (non-hydrogen) atoms. The molecule has 0 radical (unpaired) electrons. The van der Waals surface area contributed by atoms with Gasteiger partial charge >= 0.3 is 0 Å². The molecule has 1 rings (SSSR count). The summed E-state index contributed by atoms with van der Waals surface area (Å²) in [6.45, 7) is 1.25. The smallest absolute Gasteiger partial charge is 0.255 e. The summed E-state index contributed by atoms with van der Waals surface area (Å²) in [5.74, 6) is -1.41. The summed E-state index contributed by atoms with van der Waals surface area (Å²) in [7, 11) is 0. The van der Waals surface area contributed by atoms with Gasteiger partial charge in [0, 0.05) is 4.47 Å². The summed E-state index contributed by atoms with van der Waals surface area (Å²) < 4.78 is 13.6. The molecule has 1 N–H and O–H groups in total. The summed E-state index contributed by atoms with van der Waals surface area (Å²) in [6, 6.07) is 4.24. The van der Waals surface area contributed by atoms with E-state index in [9.17, 15) is 14.0 Å². The summed E-state index contributed by atoms with van der Waals surface area (Å²) >= 11 is 3.07. The Labute approximate surface area is 94.8 Å². The normalized spacial score (nSPS) is 9.80. The quantitative estimate of drug-likeness (QED) is 0.915. The standard InChI is InChI=1S/C10H9BrFNO2/c1-6(14)5-13-10(15)9-7(11)3-2-4-8(9)12/h2-4H,5H2,1H3,(H,13,15). The molecule has 0 aliphatic rings. The monoisotopic (exact) mass is 273 g/mol. The van der Waals surface area contributed by atoms with Gasteiger partial charge in [-0.2, -0.15) is 0 Å². The van der Waals surface area contributed by atoms with Crippen LogP contribution in [0.25, 0.3) is 0 Å². The van der Waals surface area contributed by atoms with E-state index in [-0.39, 0.29) is 17.9 Å². The third-order valence-electron chi connectivity index (χ3n) is 1.69. The maximum atomic E-state index is 13.2. The molecule has 5 heteroatoms. The van der Waals surface area contributed by atoms with E-state index in [1.165, 1.54) is 19.1 Å². The number of nitrogens with one attached hydrogen (secondary N) is 1. The number of hydrogen-bond acceptors (Lipinski definition) is 2. The van der Waals surface area contributed by atoms with Crippen LogP contribution in [-0.4, -0.2) is 18.2 Å². The number of halogens is 2. The van der Waals surface area contributed by atoms with E-state index in [1.807, 2.05) is 0 Å². The van der Waals surface area contributed by atoms with Crippen LogP contribution in [0.2, 0.25) is 0 Å². The lowest BCUT2D eigenvalue weighted by molar-refractivity contribution is -0.116. The van der Waals surface area contributed by atoms with Crippen molar-refractivity contribution < 1.29 is 14.0 Å². The lowest BCUT2D eigenvalue weighted by atomic mass is 10.2. The molecule has 0 spiro atoms. The molecule has 0 atom stereocenters. The Bertz CT molecular complexity index is 386. The van der Waals surface area contributed by atoms with Gasteiger partial charge in [0.1, 0.15) is 11.6 Å². The molecule has 0 heterocycles. The number of hydrogen-bond donors (Lipinski definition) is 1. The maximum absolute atomic E-state index is 13.2. The molecule has 0 bridgehead atoms. The number of rotatable bonds is 3. The number of amides is 1. The van der Waals surface area contributed by atoms with E-state index in [4.69, 9.17) is 0 Å². The maximum Gasteiger partial charge on any atom is 0.255 e. The Morgan fingerprint density at radius 2 is 2.13 bits per heavy atom. The molecule has 1 aromatic carbocycles. The van der Waals surface area contributed by atoms with Gasteiger partial charge in [-0.05, 0) is 35.0 Å². The Hall–Kier alpha value is -1.23. The van der Waals surface area contributed by atoms with E-state index in [0.717, 1.165) is 0 Å². The average molecular weight is 274 g/mol. The van der Waals surface area contributed by atoms with Gasteiger partial charge in [-0.25, -0.2) is 4.39 Å². The first-order valence-electron chi connectivity index (χ1n) is 4.24. The van der Waals surface area contributed by atoms with Crippen LogP contribution in [-0.2, 0) is 4.79 Å². The molecule has 0 aliphatic heterocycles. The Kier molecular flexibility index (Phi) is 3.96. The molecular formula is C10H9BrFNO2. The number of carbonyl (C=O) groups is 2. The Morgan fingerprint density at radius 1 is 1.47 bits per heavy atom. The molecule has 0 aliphatic carbocycles. The van der Waals surface area contributed by atoms with Gasteiger partial charge < -0.3 is 5.32 Å². The van der Waals surface area contributed by atoms with E-state index >= 15 is 0 Å². The predicted octanol–water partition coefficient (Wildman–Crippen LogP) is 1.91. The molecular weight excluding hydrogens is 265 g/mol. The van der Waals surface area contributed by atoms with Gasteiger partial charge in [0.05, 0.1) is 12.1 Å². The SMILES string of the molecule is CC(=O)CNC(=O)c1c(F)cccc1Br. The van der Waals surface area contributed by atoms with Crippen molar-refractivity contribution in [3.05, 3.63) is 34.1 Å². The molecule has 80 valence electrons. The number of carbonyl (C=O) groups excluding carboxylic acids is 2. The number of ketones is 1. The molecule has 1 amide bonds. The van der Waals surface area contributed by atoms with Crippen molar-refractivity contribution in [2.75, 3.05) is 6.54 Å². The van der Waals surface area contributed by atoms with Gasteiger partial charge in [-0.3, -0.25) is 9.59 Å². The van der Waals surface area contributed by atoms with Crippen LogP contribution >= 0.6 is 15.9 Å². The zero-order chi connectivity index (χ0) is 11.4. The van der Waals surface area contributed by atoms with Gasteiger partial charge in [0.15, 0.2) is 0 Å². The summed E-state index contributed by atoms with van der Waals surface area (Å²) in [4.78, 5) is 22.1. The van der Waals surface area contributed by atoms with Crippen molar-refractivity contribution in [3.8, 4) is 0 Å². The van der Waals surface area contributed by atoms with Crippen molar-refractivity contribution in [3.63, 3.8) is 0 Å². The molecule has 3 nitrogen and oxygen atoms in total. The zero-order valence-corrected chi connectivity index (χ0v) is 9.60. The van der Waals surface area contributed by atoms with Gasteiger partial charge in [-0.1, -0.05) is 6.07 Å².